The van der Waals surface area contributed by atoms with Crippen molar-refractivity contribution >= 4 is 27.3 Å². The number of hydrogen-bond donors (Lipinski definition) is 1. The predicted molar refractivity (Wildman–Crippen MR) is 103 cm³/mol. The fraction of sp³-hybridized carbons (Fsp3) is 0.368. The zero-order valence-corrected chi connectivity index (χ0v) is 16.6. The van der Waals surface area contributed by atoms with Crippen molar-refractivity contribution in [2.45, 2.75) is 38.2 Å². The number of hydrogen-bond acceptors (Lipinski definition) is 4. The molecule has 0 radical (unpaired) electrons. The summed E-state index contributed by atoms with van der Waals surface area (Å²) >= 11 is 6.02. The van der Waals surface area contributed by atoms with E-state index in [9.17, 15) is 13.5 Å². The van der Waals surface area contributed by atoms with E-state index in [1.54, 1.807) is 37.3 Å². The van der Waals surface area contributed by atoms with Gasteiger partial charge in [0.1, 0.15) is 5.75 Å². The first kappa shape index (κ1) is 19.0. The first-order valence-electron chi connectivity index (χ1n) is 8.50. The Bertz CT molecular complexity index is 943. The second kappa shape index (κ2) is 7.10. The van der Waals surface area contributed by atoms with Crippen LogP contribution in [0.1, 0.15) is 36.1 Å². The number of ether oxygens (including phenoxy) is 1. The molecule has 1 N–H and O–H groups in total. The number of aliphatic hydroxyl groups is 1. The highest BCUT2D eigenvalue weighted by Gasteiger charge is 2.33. The molecule has 0 amide bonds. The van der Waals surface area contributed by atoms with Gasteiger partial charge in [-0.1, -0.05) is 11.6 Å². The van der Waals surface area contributed by atoms with E-state index in [4.69, 9.17) is 16.3 Å². The van der Waals surface area contributed by atoms with Crippen LogP contribution in [0.25, 0.3) is 0 Å². The van der Waals surface area contributed by atoms with Crippen molar-refractivity contribution in [3.05, 3.63) is 52.0 Å². The van der Waals surface area contributed by atoms with Crippen LogP contribution >= 0.6 is 11.6 Å². The topological polar surface area (TPSA) is 66.8 Å². The molecule has 0 fully saturated rings. The SMILES string of the molecule is CCOc1cc(C)c(S(=O)(=O)N2CCC(O)c3cc(Cl)ccc32)cc1C. The number of aliphatic hydroxyl groups excluding tert-OH is 1. The van der Waals surface area contributed by atoms with Crippen LogP contribution in [0.2, 0.25) is 5.02 Å². The lowest BCUT2D eigenvalue weighted by Gasteiger charge is -2.33. The van der Waals surface area contributed by atoms with E-state index in [0.717, 1.165) is 5.56 Å². The second-order valence-electron chi connectivity index (χ2n) is 6.40. The van der Waals surface area contributed by atoms with E-state index in [-0.39, 0.29) is 11.4 Å². The van der Waals surface area contributed by atoms with Crippen molar-refractivity contribution in [2.75, 3.05) is 17.5 Å². The van der Waals surface area contributed by atoms with Crippen molar-refractivity contribution in [3.8, 4) is 5.75 Å². The summed E-state index contributed by atoms with van der Waals surface area (Å²) < 4.78 is 33.6. The summed E-state index contributed by atoms with van der Waals surface area (Å²) in [6.07, 6.45) is -0.403. The van der Waals surface area contributed by atoms with Crippen LogP contribution in [0, 0.1) is 13.8 Å². The fourth-order valence-electron chi connectivity index (χ4n) is 3.26. The van der Waals surface area contributed by atoms with Gasteiger partial charge in [-0.3, -0.25) is 4.31 Å². The van der Waals surface area contributed by atoms with Gasteiger partial charge in [0.2, 0.25) is 0 Å². The van der Waals surface area contributed by atoms with E-state index in [1.165, 1.54) is 4.31 Å². The zero-order valence-electron chi connectivity index (χ0n) is 15.0. The molecular formula is C19H22ClNO4S. The quantitative estimate of drug-likeness (QED) is 0.850. The van der Waals surface area contributed by atoms with Crippen molar-refractivity contribution < 1.29 is 18.3 Å². The van der Waals surface area contributed by atoms with Crippen LogP contribution in [0.15, 0.2) is 35.2 Å². The summed E-state index contributed by atoms with van der Waals surface area (Å²) in [4.78, 5) is 0.246. The molecule has 0 saturated heterocycles. The molecule has 2 aromatic carbocycles. The lowest BCUT2D eigenvalue weighted by Crippen LogP contribution is -2.37. The average molecular weight is 396 g/mol. The smallest absolute Gasteiger partial charge is 0.264 e. The molecule has 1 aliphatic rings. The Morgan fingerprint density at radius 3 is 2.65 bits per heavy atom. The number of fused-ring (bicyclic) bond motifs is 1. The van der Waals surface area contributed by atoms with Gasteiger partial charge in [0, 0.05) is 17.1 Å². The number of halogens is 1. The van der Waals surface area contributed by atoms with Crippen LogP contribution in [0.5, 0.6) is 5.75 Å². The Labute approximate surface area is 159 Å². The van der Waals surface area contributed by atoms with Crippen LogP contribution in [-0.2, 0) is 10.0 Å². The van der Waals surface area contributed by atoms with E-state index in [1.807, 2.05) is 13.8 Å². The summed E-state index contributed by atoms with van der Waals surface area (Å²) in [6.45, 7) is 6.21. The summed E-state index contributed by atoms with van der Waals surface area (Å²) in [5.74, 6) is 0.685. The first-order chi connectivity index (χ1) is 12.3. The van der Waals surface area contributed by atoms with E-state index < -0.39 is 16.1 Å². The summed E-state index contributed by atoms with van der Waals surface area (Å²) in [6, 6.07) is 8.31. The van der Waals surface area contributed by atoms with E-state index in [2.05, 4.69) is 0 Å². The van der Waals surface area contributed by atoms with Gasteiger partial charge in [-0.2, -0.15) is 0 Å². The van der Waals surface area contributed by atoms with Gasteiger partial charge in [0.25, 0.3) is 10.0 Å². The minimum atomic E-state index is -3.77. The van der Waals surface area contributed by atoms with Crippen LogP contribution < -0.4 is 9.04 Å². The van der Waals surface area contributed by atoms with Crippen molar-refractivity contribution in [2.24, 2.45) is 0 Å². The highest BCUT2D eigenvalue weighted by Crippen LogP contribution is 2.39. The fourth-order valence-corrected chi connectivity index (χ4v) is 5.24. The van der Waals surface area contributed by atoms with Crippen molar-refractivity contribution in [3.63, 3.8) is 0 Å². The Kier molecular flexibility index (Phi) is 5.19. The lowest BCUT2D eigenvalue weighted by atomic mass is 10.0. The number of aryl methyl sites for hydroxylation is 2. The highest BCUT2D eigenvalue weighted by atomic mass is 35.5. The monoisotopic (exact) mass is 395 g/mol. The maximum Gasteiger partial charge on any atom is 0.264 e. The number of nitrogens with zero attached hydrogens (tertiary/aromatic N) is 1. The molecule has 2 aromatic rings. The van der Waals surface area contributed by atoms with Gasteiger partial charge in [0.05, 0.1) is 23.3 Å². The Hall–Kier alpha value is -1.76. The molecule has 1 heterocycles. The van der Waals surface area contributed by atoms with Crippen LogP contribution in [0.4, 0.5) is 5.69 Å². The molecule has 140 valence electrons. The molecule has 1 atom stereocenters. The zero-order chi connectivity index (χ0) is 19.1. The molecule has 0 bridgehead atoms. The molecule has 7 heteroatoms. The Morgan fingerprint density at radius 2 is 1.96 bits per heavy atom. The highest BCUT2D eigenvalue weighted by molar-refractivity contribution is 7.92. The van der Waals surface area contributed by atoms with Crippen LogP contribution in [-0.4, -0.2) is 26.7 Å². The first-order valence-corrected chi connectivity index (χ1v) is 10.3. The summed E-state index contributed by atoms with van der Waals surface area (Å²) in [7, 11) is -3.77. The third-order valence-electron chi connectivity index (χ3n) is 4.56. The second-order valence-corrected chi connectivity index (χ2v) is 8.67. The number of sulfonamides is 1. The number of rotatable bonds is 4. The van der Waals surface area contributed by atoms with Crippen molar-refractivity contribution in [1.82, 2.24) is 0 Å². The van der Waals surface area contributed by atoms with E-state index in [0.29, 0.717) is 40.6 Å². The molecule has 5 nitrogen and oxygen atoms in total. The van der Waals surface area contributed by atoms with Gasteiger partial charge in [-0.25, -0.2) is 8.42 Å². The molecule has 1 unspecified atom stereocenters. The van der Waals surface area contributed by atoms with Gasteiger partial charge < -0.3 is 9.84 Å². The average Bonchev–Trinajstić information content (AvgIpc) is 2.58. The minimum Gasteiger partial charge on any atom is -0.494 e. The van der Waals surface area contributed by atoms with Crippen LogP contribution in [0.3, 0.4) is 0 Å². The Balaban J connectivity index is 2.10. The summed E-state index contributed by atoms with van der Waals surface area (Å²) in [5, 5.41) is 10.7. The normalized spacial score (nSPS) is 17.1. The number of benzene rings is 2. The standard InChI is InChI=1S/C19H22ClNO4S/c1-4-25-18-9-13(3)19(10-12(18)2)26(23,24)21-8-7-17(22)15-11-14(20)5-6-16(15)21/h5-6,9-11,17,22H,4,7-8H2,1-3H3. The maximum atomic E-state index is 13.4. The molecule has 0 saturated carbocycles. The molecule has 0 aliphatic carbocycles. The number of anilines is 1. The minimum absolute atomic E-state index is 0.212. The van der Waals surface area contributed by atoms with Gasteiger partial charge >= 0.3 is 0 Å². The molecular weight excluding hydrogens is 374 g/mol. The molecule has 3 rings (SSSR count). The molecule has 1 aliphatic heterocycles. The van der Waals surface area contributed by atoms with Gasteiger partial charge in [-0.15, -0.1) is 0 Å². The molecule has 0 spiro atoms. The van der Waals surface area contributed by atoms with Gasteiger partial charge in [-0.05, 0) is 68.7 Å². The molecule has 26 heavy (non-hydrogen) atoms. The summed E-state index contributed by atoms with van der Waals surface area (Å²) in [5.41, 5.74) is 2.40. The largest absolute Gasteiger partial charge is 0.494 e. The molecule has 0 aromatic heterocycles. The lowest BCUT2D eigenvalue weighted by molar-refractivity contribution is 0.166. The maximum absolute atomic E-state index is 13.4. The van der Waals surface area contributed by atoms with Gasteiger partial charge in [0.15, 0.2) is 0 Å². The third-order valence-corrected chi connectivity index (χ3v) is 6.75. The Morgan fingerprint density at radius 1 is 1.23 bits per heavy atom. The predicted octanol–water partition coefficient (Wildman–Crippen LogP) is 3.99. The third kappa shape index (κ3) is 3.29. The van der Waals surface area contributed by atoms with Crippen molar-refractivity contribution in [1.29, 1.82) is 0 Å². The van der Waals surface area contributed by atoms with E-state index >= 15 is 0 Å².